The molecular weight excluding hydrogens is 508 g/mol. The normalized spacial score (nSPS) is 16.6. The summed E-state index contributed by atoms with van der Waals surface area (Å²) in [7, 11) is 5.66. The lowest BCUT2D eigenvalue weighted by atomic mass is 10.0. The van der Waals surface area contributed by atoms with Crippen molar-refractivity contribution in [2.45, 2.75) is 25.4 Å². The zero-order chi connectivity index (χ0) is 27.5. The molecule has 1 amide bonds. The molecule has 200 valence electrons. The van der Waals surface area contributed by atoms with Gasteiger partial charge in [-0.1, -0.05) is 13.0 Å². The first-order valence-electron chi connectivity index (χ1n) is 12.8. The Morgan fingerprint density at radius 3 is 2.51 bits per heavy atom. The van der Waals surface area contributed by atoms with Gasteiger partial charge in [-0.05, 0) is 72.9 Å². The molecule has 9 heteroatoms. The van der Waals surface area contributed by atoms with Crippen LogP contribution >= 0.6 is 12.2 Å². The molecule has 1 fully saturated rings. The summed E-state index contributed by atoms with van der Waals surface area (Å²) >= 11 is 5.92. The van der Waals surface area contributed by atoms with Crippen molar-refractivity contribution in [1.82, 2.24) is 14.9 Å². The van der Waals surface area contributed by atoms with Gasteiger partial charge in [0.25, 0.3) is 0 Å². The maximum Gasteiger partial charge on any atom is 0.224 e. The van der Waals surface area contributed by atoms with Gasteiger partial charge < -0.3 is 29.7 Å². The maximum absolute atomic E-state index is 12.1. The first kappa shape index (κ1) is 26.2. The third-order valence-electron chi connectivity index (χ3n) is 6.88. The number of anilines is 3. The number of amides is 1. The predicted octanol–water partition coefficient (Wildman–Crippen LogP) is 5.47. The number of thiocarbonyl (C=S) groups is 1. The van der Waals surface area contributed by atoms with Crippen LogP contribution in [0, 0.1) is 0 Å². The molecule has 5 rings (SSSR count). The van der Waals surface area contributed by atoms with Crippen molar-refractivity contribution in [2.24, 2.45) is 0 Å². The minimum absolute atomic E-state index is 0.0781. The second kappa shape index (κ2) is 11.2. The quantitative estimate of drug-likeness (QED) is 0.287. The molecule has 2 N–H and O–H groups in total. The van der Waals surface area contributed by atoms with E-state index < -0.39 is 0 Å². The topological polar surface area (TPSA) is 74.7 Å². The number of carbonyl (C=O) groups is 1. The molecule has 2 aromatic carbocycles. The van der Waals surface area contributed by atoms with E-state index in [1.54, 1.807) is 13.3 Å². The van der Waals surface area contributed by atoms with Crippen molar-refractivity contribution >= 4 is 40.3 Å². The Morgan fingerprint density at radius 1 is 1.08 bits per heavy atom. The molecule has 1 aliphatic heterocycles. The highest BCUT2D eigenvalue weighted by Gasteiger charge is 2.42. The third-order valence-corrected chi connectivity index (χ3v) is 7.20. The third kappa shape index (κ3) is 5.18. The van der Waals surface area contributed by atoms with Gasteiger partial charge in [0, 0.05) is 61.7 Å². The van der Waals surface area contributed by atoms with Crippen LogP contribution in [0.3, 0.4) is 0 Å². The minimum atomic E-state index is -0.211. The second-order valence-electron chi connectivity index (χ2n) is 9.50. The van der Waals surface area contributed by atoms with E-state index in [4.69, 9.17) is 17.0 Å². The average molecular weight is 541 g/mol. The molecule has 0 radical (unpaired) electrons. The summed E-state index contributed by atoms with van der Waals surface area (Å²) in [5, 5.41) is 7.01. The molecule has 39 heavy (non-hydrogen) atoms. The van der Waals surface area contributed by atoms with Gasteiger partial charge in [-0.25, -0.2) is 0 Å². The molecule has 3 heterocycles. The van der Waals surface area contributed by atoms with Crippen LogP contribution in [0.15, 0.2) is 85.2 Å². The number of rotatable bonds is 8. The summed E-state index contributed by atoms with van der Waals surface area (Å²) in [5.41, 5.74) is 5.59. The van der Waals surface area contributed by atoms with Gasteiger partial charge in [0.15, 0.2) is 5.11 Å². The van der Waals surface area contributed by atoms with Crippen molar-refractivity contribution in [3.8, 4) is 11.4 Å². The van der Waals surface area contributed by atoms with E-state index in [1.165, 1.54) is 0 Å². The molecule has 0 unspecified atom stereocenters. The number of pyridine rings is 1. The number of nitrogens with zero attached hydrogens (tertiary/aromatic N) is 4. The van der Waals surface area contributed by atoms with Crippen LogP contribution in [0.25, 0.3) is 5.69 Å². The van der Waals surface area contributed by atoms with Gasteiger partial charge >= 0.3 is 0 Å². The van der Waals surface area contributed by atoms with E-state index in [9.17, 15) is 4.79 Å². The summed E-state index contributed by atoms with van der Waals surface area (Å²) in [4.78, 5) is 20.9. The average Bonchev–Trinajstić information content (AvgIpc) is 3.58. The molecule has 1 aliphatic rings. The number of nitrogens with one attached hydrogen (secondary N) is 2. The molecule has 0 spiro atoms. The number of ether oxygens (including phenoxy) is 1. The van der Waals surface area contributed by atoms with Gasteiger partial charge in [-0.2, -0.15) is 0 Å². The number of hydrogen-bond acceptors (Lipinski definition) is 5. The molecule has 0 bridgehead atoms. The van der Waals surface area contributed by atoms with Gasteiger partial charge in [0.2, 0.25) is 5.91 Å². The lowest BCUT2D eigenvalue weighted by Crippen LogP contribution is -2.30. The van der Waals surface area contributed by atoms with Crippen molar-refractivity contribution in [3.05, 3.63) is 96.6 Å². The van der Waals surface area contributed by atoms with Gasteiger partial charge in [-0.3, -0.25) is 9.78 Å². The first-order chi connectivity index (χ1) is 18.9. The fourth-order valence-corrected chi connectivity index (χ4v) is 5.23. The summed E-state index contributed by atoms with van der Waals surface area (Å²) in [6, 6.07) is 23.8. The Morgan fingerprint density at radius 2 is 1.85 bits per heavy atom. The molecule has 4 aromatic rings. The lowest BCUT2D eigenvalue weighted by molar-refractivity contribution is -0.115. The molecule has 2 atom stereocenters. The van der Waals surface area contributed by atoms with Gasteiger partial charge in [0.1, 0.15) is 11.8 Å². The largest absolute Gasteiger partial charge is 0.494 e. The van der Waals surface area contributed by atoms with E-state index in [2.05, 4.69) is 66.5 Å². The van der Waals surface area contributed by atoms with E-state index in [-0.39, 0.29) is 18.0 Å². The smallest absolute Gasteiger partial charge is 0.224 e. The van der Waals surface area contributed by atoms with E-state index in [0.717, 1.165) is 28.5 Å². The Hall–Kier alpha value is -4.37. The number of aromatic nitrogens is 2. The van der Waals surface area contributed by atoms with E-state index in [0.29, 0.717) is 23.0 Å². The Labute approximate surface area is 234 Å². The highest BCUT2D eigenvalue weighted by molar-refractivity contribution is 7.80. The molecule has 8 nitrogen and oxygen atoms in total. The Bertz CT molecular complexity index is 1470. The maximum atomic E-state index is 12.1. The number of hydrogen-bond donors (Lipinski definition) is 2. The van der Waals surface area contributed by atoms with Crippen LogP contribution in [0.4, 0.5) is 17.1 Å². The van der Waals surface area contributed by atoms with Crippen LogP contribution in [0.5, 0.6) is 5.75 Å². The standard InChI is InChI=1S/C30H32N6O2S/c1-5-27(37)32-23-16-15-22(19-26(23)38-4)36-29(28(33-30(36)39)24-9-6-7-17-31-24)25-10-8-18-35(25)21-13-11-20(12-14-21)34(2)3/h6-19,28-29H,5H2,1-4H3,(H,32,37)(H,33,39)/t28-,29-/m0/s1. The van der Waals surface area contributed by atoms with Crippen LogP contribution in [0.1, 0.15) is 36.8 Å². The summed E-state index contributed by atoms with van der Waals surface area (Å²) in [6.45, 7) is 1.82. The summed E-state index contributed by atoms with van der Waals surface area (Å²) in [5.74, 6) is 0.484. The van der Waals surface area contributed by atoms with E-state index in [1.807, 2.05) is 63.5 Å². The first-order valence-corrected chi connectivity index (χ1v) is 13.3. The van der Waals surface area contributed by atoms with Crippen molar-refractivity contribution in [2.75, 3.05) is 36.3 Å². The van der Waals surface area contributed by atoms with E-state index >= 15 is 0 Å². The van der Waals surface area contributed by atoms with Gasteiger partial charge in [0.05, 0.1) is 24.5 Å². The predicted molar refractivity (Wildman–Crippen MR) is 160 cm³/mol. The SMILES string of the molecule is CCC(=O)Nc1ccc(N2C(=S)N[C@@H](c3ccccn3)[C@@H]2c2cccn2-c2ccc(N(C)C)cc2)cc1OC. The van der Waals surface area contributed by atoms with Gasteiger partial charge in [-0.15, -0.1) is 0 Å². The highest BCUT2D eigenvalue weighted by Crippen LogP contribution is 2.44. The zero-order valence-electron chi connectivity index (χ0n) is 22.5. The van der Waals surface area contributed by atoms with Crippen molar-refractivity contribution in [3.63, 3.8) is 0 Å². The van der Waals surface area contributed by atoms with Crippen LogP contribution in [0.2, 0.25) is 0 Å². The molecule has 1 saturated heterocycles. The van der Waals surface area contributed by atoms with Crippen molar-refractivity contribution < 1.29 is 9.53 Å². The molecular formula is C30H32N6O2S. The number of carbonyl (C=O) groups excluding carboxylic acids is 1. The fraction of sp³-hybridized carbons (Fsp3) is 0.233. The molecule has 2 aromatic heterocycles. The van der Waals surface area contributed by atoms with Crippen LogP contribution < -0.4 is 25.2 Å². The van der Waals surface area contributed by atoms with Crippen molar-refractivity contribution in [1.29, 1.82) is 0 Å². The molecule has 0 saturated carbocycles. The molecule has 0 aliphatic carbocycles. The Kier molecular flexibility index (Phi) is 7.51. The highest BCUT2D eigenvalue weighted by atomic mass is 32.1. The Balaban J connectivity index is 1.61. The van der Waals surface area contributed by atoms with Crippen LogP contribution in [-0.2, 0) is 4.79 Å². The lowest BCUT2D eigenvalue weighted by Gasteiger charge is -2.29. The monoisotopic (exact) mass is 540 g/mol. The fourth-order valence-electron chi connectivity index (χ4n) is 4.89. The summed E-state index contributed by atoms with van der Waals surface area (Å²) < 4.78 is 7.85. The number of methoxy groups -OCH3 is 1. The number of benzene rings is 2. The summed E-state index contributed by atoms with van der Waals surface area (Å²) in [6.07, 6.45) is 4.25. The van der Waals surface area contributed by atoms with Crippen LogP contribution in [-0.4, -0.2) is 41.8 Å². The second-order valence-corrected chi connectivity index (χ2v) is 9.88. The minimum Gasteiger partial charge on any atom is -0.494 e. The zero-order valence-corrected chi connectivity index (χ0v) is 23.3.